The molecule has 22 heavy (non-hydrogen) atoms. The summed E-state index contributed by atoms with van der Waals surface area (Å²) < 4.78 is 14.6. The highest BCUT2D eigenvalue weighted by Gasteiger charge is 2.10. The molecular weight excluding hydrogens is 369 g/mol. The summed E-state index contributed by atoms with van der Waals surface area (Å²) in [4.78, 5) is 23.4. The first-order chi connectivity index (χ1) is 10.5. The Morgan fingerprint density at radius 2 is 1.95 bits per heavy atom. The second-order valence-corrected chi connectivity index (χ2v) is 6.39. The van der Waals surface area contributed by atoms with E-state index in [0.29, 0.717) is 16.1 Å². The van der Waals surface area contributed by atoms with Crippen molar-refractivity contribution in [3.8, 4) is 0 Å². The average molecular weight is 382 g/mol. The lowest BCUT2D eigenvalue weighted by Crippen LogP contribution is -2.14. The number of anilines is 1. The molecule has 0 saturated heterocycles. The van der Waals surface area contributed by atoms with E-state index in [-0.39, 0.29) is 17.4 Å². The number of carbonyl (C=O) groups excluding carboxylic acids is 2. The zero-order chi connectivity index (χ0) is 16.1. The molecule has 1 amide bonds. The number of halogens is 2. The number of rotatable bonds is 5. The van der Waals surface area contributed by atoms with Gasteiger partial charge >= 0.3 is 0 Å². The number of carbonyl (C=O) groups is 2. The number of hydrogen-bond acceptors (Lipinski definition) is 3. The van der Waals surface area contributed by atoms with Crippen molar-refractivity contribution in [2.45, 2.75) is 11.8 Å². The molecule has 0 bridgehead atoms. The molecular formula is C16H13BrFNO2S. The predicted octanol–water partition coefficient (Wildman–Crippen LogP) is 4.52. The lowest BCUT2D eigenvalue weighted by Gasteiger charge is -2.08. The van der Waals surface area contributed by atoms with Gasteiger partial charge in [0.2, 0.25) is 5.91 Å². The Balaban J connectivity index is 1.97. The Bertz CT molecular complexity index is 721. The predicted molar refractivity (Wildman–Crippen MR) is 89.9 cm³/mol. The Hall–Kier alpha value is -1.66. The van der Waals surface area contributed by atoms with Crippen LogP contribution in [0.5, 0.6) is 0 Å². The largest absolute Gasteiger partial charge is 0.324 e. The fourth-order valence-corrected chi connectivity index (χ4v) is 2.83. The highest BCUT2D eigenvalue weighted by atomic mass is 79.9. The van der Waals surface area contributed by atoms with Gasteiger partial charge in [0.15, 0.2) is 5.78 Å². The van der Waals surface area contributed by atoms with Crippen molar-refractivity contribution >= 4 is 45.1 Å². The van der Waals surface area contributed by atoms with E-state index in [4.69, 9.17) is 0 Å². The Morgan fingerprint density at radius 1 is 1.23 bits per heavy atom. The number of hydrogen-bond donors (Lipinski definition) is 1. The van der Waals surface area contributed by atoms with E-state index in [9.17, 15) is 14.0 Å². The molecule has 0 atom stereocenters. The number of para-hydroxylation sites is 1. The topological polar surface area (TPSA) is 46.2 Å². The maximum absolute atomic E-state index is 13.8. The highest BCUT2D eigenvalue weighted by molar-refractivity contribution is 9.10. The molecule has 0 fully saturated rings. The summed E-state index contributed by atoms with van der Waals surface area (Å²) >= 11 is 4.43. The molecule has 0 aliphatic rings. The fourth-order valence-electron chi connectivity index (χ4n) is 1.73. The summed E-state index contributed by atoms with van der Waals surface area (Å²) in [5, 5.41) is 2.75. The van der Waals surface area contributed by atoms with E-state index < -0.39 is 5.82 Å². The van der Waals surface area contributed by atoms with Crippen LogP contribution in [0.2, 0.25) is 0 Å². The highest BCUT2D eigenvalue weighted by Crippen LogP contribution is 2.25. The third-order valence-electron chi connectivity index (χ3n) is 2.85. The minimum Gasteiger partial charge on any atom is -0.324 e. The van der Waals surface area contributed by atoms with Crippen molar-refractivity contribution in [2.75, 3.05) is 11.1 Å². The molecule has 0 aliphatic heterocycles. The number of thioether (sulfide) groups is 1. The number of amides is 1. The van der Waals surface area contributed by atoms with E-state index in [1.54, 1.807) is 12.1 Å². The molecule has 2 aromatic carbocycles. The minimum atomic E-state index is -0.494. The van der Waals surface area contributed by atoms with Gasteiger partial charge in [-0.25, -0.2) is 4.39 Å². The van der Waals surface area contributed by atoms with Gasteiger partial charge in [0.05, 0.1) is 11.4 Å². The average Bonchev–Trinajstić information content (AvgIpc) is 2.48. The van der Waals surface area contributed by atoms with Gasteiger partial charge in [0.25, 0.3) is 0 Å². The third-order valence-corrected chi connectivity index (χ3v) is 4.59. The molecule has 0 aliphatic carbocycles. The second-order valence-electron chi connectivity index (χ2n) is 4.52. The van der Waals surface area contributed by atoms with Crippen LogP contribution in [0.1, 0.15) is 17.3 Å². The zero-order valence-electron chi connectivity index (χ0n) is 11.7. The number of nitrogens with one attached hydrogen (secondary N) is 1. The number of ketones is 1. The molecule has 0 radical (unpaired) electrons. The van der Waals surface area contributed by atoms with Gasteiger partial charge in [-0.05, 0) is 47.1 Å². The van der Waals surface area contributed by atoms with Gasteiger partial charge < -0.3 is 5.32 Å². The van der Waals surface area contributed by atoms with Crippen molar-refractivity contribution < 1.29 is 14.0 Å². The van der Waals surface area contributed by atoms with Crippen molar-refractivity contribution in [1.29, 1.82) is 0 Å². The summed E-state index contributed by atoms with van der Waals surface area (Å²) in [5.74, 6) is -0.835. The van der Waals surface area contributed by atoms with Crippen LogP contribution < -0.4 is 5.32 Å². The first kappa shape index (κ1) is 16.7. The van der Waals surface area contributed by atoms with Crippen molar-refractivity contribution in [3.63, 3.8) is 0 Å². The SMILES string of the molecule is CC(=O)c1ccc(SCC(=O)Nc2ccccc2Br)c(F)c1. The van der Waals surface area contributed by atoms with Crippen LogP contribution >= 0.6 is 27.7 Å². The minimum absolute atomic E-state index is 0.0810. The van der Waals surface area contributed by atoms with Crippen LogP contribution in [0, 0.1) is 5.82 Å². The maximum atomic E-state index is 13.8. The van der Waals surface area contributed by atoms with Gasteiger partial charge in [0.1, 0.15) is 5.82 Å². The van der Waals surface area contributed by atoms with Gasteiger partial charge in [0, 0.05) is 14.9 Å². The lowest BCUT2D eigenvalue weighted by atomic mass is 10.1. The van der Waals surface area contributed by atoms with Crippen LogP contribution in [0.15, 0.2) is 51.8 Å². The van der Waals surface area contributed by atoms with E-state index in [1.165, 1.54) is 19.1 Å². The Labute approximate surface area is 140 Å². The van der Waals surface area contributed by atoms with Crippen molar-refractivity contribution in [2.24, 2.45) is 0 Å². The third kappa shape index (κ3) is 4.42. The number of Topliss-reactive ketones (excluding diaryl/α,β-unsaturated/α-hetero) is 1. The standard InChI is InChI=1S/C16H13BrFNO2S/c1-10(20)11-6-7-15(13(18)8-11)22-9-16(21)19-14-5-3-2-4-12(14)17/h2-8H,9H2,1H3,(H,19,21). The summed E-state index contributed by atoms with van der Waals surface area (Å²) in [6.45, 7) is 1.38. The van der Waals surface area contributed by atoms with Crippen LogP contribution in [-0.4, -0.2) is 17.4 Å². The molecule has 1 N–H and O–H groups in total. The smallest absolute Gasteiger partial charge is 0.234 e. The van der Waals surface area contributed by atoms with Crippen molar-refractivity contribution in [3.05, 3.63) is 58.3 Å². The fraction of sp³-hybridized carbons (Fsp3) is 0.125. The molecule has 6 heteroatoms. The first-order valence-electron chi connectivity index (χ1n) is 6.45. The van der Waals surface area contributed by atoms with E-state index >= 15 is 0 Å². The van der Waals surface area contributed by atoms with E-state index in [1.807, 2.05) is 18.2 Å². The van der Waals surface area contributed by atoms with E-state index in [0.717, 1.165) is 16.2 Å². The van der Waals surface area contributed by atoms with Gasteiger partial charge in [-0.2, -0.15) is 0 Å². The quantitative estimate of drug-likeness (QED) is 0.611. The molecule has 0 saturated carbocycles. The molecule has 0 unspecified atom stereocenters. The molecule has 2 aromatic rings. The van der Waals surface area contributed by atoms with Crippen LogP contribution in [-0.2, 0) is 4.79 Å². The van der Waals surface area contributed by atoms with Crippen LogP contribution in [0.25, 0.3) is 0 Å². The molecule has 0 spiro atoms. The Kier molecular flexibility index (Phi) is 5.74. The Morgan fingerprint density at radius 3 is 2.59 bits per heavy atom. The summed E-state index contributed by atoms with van der Waals surface area (Å²) in [6.07, 6.45) is 0. The van der Waals surface area contributed by atoms with Gasteiger partial charge in [-0.3, -0.25) is 9.59 Å². The maximum Gasteiger partial charge on any atom is 0.234 e. The normalized spacial score (nSPS) is 10.3. The lowest BCUT2D eigenvalue weighted by molar-refractivity contribution is -0.113. The molecule has 3 nitrogen and oxygen atoms in total. The molecule has 0 aromatic heterocycles. The van der Waals surface area contributed by atoms with E-state index in [2.05, 4.69) is 21.2 Å². The summed E-state index contributed by atoms with van der Waals surface area (Å²) in [7, 11) is 0. The van der Waals surface area contributed by atoms with Crippen molar-refractivity contribution in [1.82, 2.24) is 0 Å². The monoisotopic (exact) mass is 381 g/mol. The summed E-state index contributed by atoms with van der Waals surface area (Å²) in [6, 6.07) is 11.5. The zero-order valence-corrected chi connectivity index (χ0v) is 14.1. The van der Waals surface area contributed by atoms with Gasteiger partial charge in [-0.1, -0.05) is 18.2 Å². The molecule has 114 valence electrons. The first-order valence-corrected chi connectivity index (χ1v) is 8.23. The molecule has 0 heterocycles. The number of benzene rings is 2. The second kappa shape index (κ2) is 7.56. The molecule has 2 rings (SSSR count). The van der Waals surface area contributed by atoms with Crippen LogP contribution in [0.4, 0.5) is 10.1 Å². The van der Waals surface area contributed by atoms with Crippen LogP contribution in [0.3, 0.4) is 0 Å². The summed E-state index contributed by atoms with van der Waals surface area (Å²) in [5.41, 5.74) is 0.986. The van der Waals surface area contributed by atoms with Gasteiger partial charge in [-0.15, -0.1) is 11.8 Å².